The number of hydrogen-bond acceptors (Lipinski definition) is 3. The van der Waals surface area contributed by atoms with E-state index in [4.69, 9.17) is 14.2 Å². The molecule has 0 spiro atoms. The van der Waals surface area contributed by atoms with Gasteiger partial charge in [-0.2, -0.15) is 0 Å². The summed E-state index contributed by atoms with van der Waals surface area (Å²) in [4.78, 5) is 0. The highest BCUT2D eigenvalue weighted by molar-refractivity contribution is 4.85. The zero-order valence-corrected chi connectivity index (χ0v) is 16.9. The predicted molar refractivity (Wildman–Crippen MR) is 101 cm³/mol. The van der Waals surface area contributed by atoms with Crippen LogP contribution >= 0.6 is 0 Å². The Labute approximate surface area is 150 Å². The average molecular weight is 343 g/mol. The van der Waals surface area contributed by atoms with Crippen molar-refractivity contribution in [3.05, 3.63) is 0 Å². The smallest absolute Gasteiger partial charge is 0.168 e. The topological polar surface area (TPSA) is 31.0 Å². The van der Waals surface area contributed by atoms with Crippen molar-refractivity contribution in [3.8, 4) is 0 Å². The van der Waals surface area contributed by atoms with Crippen LogP contribution in [-0.4, -0.2) is 31.7 Å². The maximum absolute atomic E-state index is 6.15. The molecular formula is C21H42O3. The summed E-state index contributed by atoms with van der Waals surface area (Å²) < 4.78 is 17.8. The van der Waals surface area contributed by atoms with Gasteiger partial charge in [0.2, 0.25) is 0 Å². The van der Waals surface area contributed by atoms with Crippen LogP contribution in [0.1, 0.15) is 92.4 Å². The van der Waals surface area contributed by atoms with Gasteiger partial charge in [-0.3, -0.25) is 0 Å². The van der Waals surface area contributed by atoms with Crippen LogP contribution in [0.25, 0.3) is 0 Å². The Morgan fingerprint density at radius 1 is 0.958 bits per heavy atom. The van der Waals surface area contributed by atoms with Gasteiger partial charge in [0.1, 0.15) is 0 Å². The van der Waals surface area contributed by atoms with E-state index < -0.39 is 5.79 Å². The Morgan fingerprint density at radius 2 is 1.54 bits per heavy atom. The highest BCUT2D eigenvalue weighted by Crippen LogP contribution is 2.39. The van der Waals surface area contributed by atoms with E-state index in [2.05, 4.69) is 34.6 Å². The molecule has 3 atom stereocenters. The molecule has 1 rings (SSSR count). The quantitative estimate of drug-likeness (QED) is 0.197. The Morgan fingerprint density at radius 3 is 2.04 bits per heavy atom. The molecule has 0 bridgehead atoms. The summed E-state index contributed by atoms with van der Waals surface area (Å²) in [6.07, 6.45) is 12.1. The van der Waals surface area contributed by atoms with Gasteiger partial charge in [-0.25, -0.2) is 0 Å². The first-order chi connectivity index (χ1) is 11.6. The highest BCUT2D eigenvalue weighted by Gasteiger charge is 2.41. The lowest BCUT2D eigenvalue weighted by molar-refractivity contribution is -0.263. The normalized spacial score (nSPS) is 20.1. The Kier molecular flexibility index (Phi) is 11.2. The van der Waals surface area contributed by atoms with Crippen molar-refractivity contribution in [2.45, 2.75) is 104 Å². The molecule has 24 heavy (non-hydrogen) atoms. The summed E-state index contributed by atoms with van der Waals surface area (Å²) in [5.74, 6) is 0.622. The number of rotatable bonds is 16. The molecule has 0 radical (unpaired) electrons. The summed E-state index contributed by atoms with van der Waals surface area (Å²) in [5, 5.41) is 0. The first-order valence-corrected chi connectivity index (χ1v) is 10.5. The fraction of sp³-hybridized carbons (Fsp3) is 1.00. The zero-order valence-electron chi connectivity index (χ0n) is 16.9. The van der Waals surface area contributed by atoms with Gasteiger partial charge in [0.15, 0.2) is 5.79 Å². The van der Waals surface area contributed by atoms with Gasteiger partial charge in [0.25, 0.3) is 0 Å². The summed E-state index contributed by atoms with van der Waals surface area (Å²) in [6.45, 7) is 13.3. The second-order valence-electron chi connectivity index (χ2n) is 7.40. The summed E-state index contributed by atoms with van der Waals surface area (Å²) >= 11 is 0. The van der Waals surface area contributed by atoms with Gasteiger partial charge in [0.05, 0.1) is 12.7 Å². The third-order valence-electron chi connectivity index (χ3n) is 5.47. The van der Waals surface area contributed by atoms with Crippen molar-refractivity contribution in [2.24, 2.45) is 11.8 Å². The minimum absolute atomic E-state index is 0.456. The van der Waals surface area contributed by atoms with Crippen molar-refractivity contribution in [1.29, 1.82) is 0 Å². The molecule has 1 aliphatic heterocycles. The van der Waals surface area contributed by atoms with Crippen LogP contribution in [0.4, 0.5) is 0 Å². The Bertz CT molecular complexity index is 295. The van der Waals surface area contributed by atoms with Gasteiger partial charge in [-0.05, 0) is 39.5 Å². The van der Waals surface area contributed by atoms with Gasteiger partial charge >= 0.3 is 0 Å². The molecule has 144 valence electrons. The van der Waals surface area contributed by atoms with Crippen LogP contribution in [-0.2, 0) is 14.2 Å². The van der Waals surface area contributed by atoms with Crippen LogP contribution < -0.4 is 0 Å². The maximum Gasteiger partial charge on any atom is 0.168 e. The van der Waals surface area contributed by atoms with E-state index in [0.29, 0.717) is 31.2 Å². The molecule has 3 unspecified atom stereocenters. The first-order valence-electron chi connectivity index (χ1n) is 10.5. The lowest BCUT2D eigenvalue weighted by atomic mass is 9.77. The standard InChI is InChI=1S/C21H42O3/c1-6-10-11-12-13-14-15-20(18(7-2)16-19-17-22-19)21(5,23-8-3)24-9-4/h18-20H,6-17H2,1-5H3. The number of ether oxygens (including phenoxy) is 3. The van der Waals surface area contributed by atoms with E-state index in [-0.39, 0.29) is 0 Å². The van der Waals surface area contributed by atoms with E-state index in [1.165, 1.54) is 51.4 Å². The third kappa shape index (κ3) is 7.84. The van der Waals surface area contributed by atoms with Crippen LogP contribution in [0.3, 0.4) is 0 Å². The second-order valence-corrected chi connectivity index (χ2v) is 7.40. The highest BCUT2D eigenvalue weighted by atomic mass is 16.7. The van der Waals surface area contributed by atoms with Gasteiger partial charge in [-0.1, -0.05) is 58.8 Å². The minimum Gasteiger partial charge on any atom is -0.373 e. The average Bonchev–Trinajstić information content (AvgIpc) is 3.37. The van der Waals surface area contributed by atoms with Crippen molar-refractivity contribution in [1.82, 2.24) is 0 Å². The van der Waals surface area contributed by atoms with Gasteiger partial charge in [-0.15, -0.1) is 0 Å². The second kappa shape index (κ2) is 12.3. The molecule has 0 amide bonds. The SMILES string of the molecule is CCCCCCCCC(C(CC)CC1CO1)C(C)(OCC)OCC. The van der Waals surface area contributed by atoms with E-state index in [9.17, 15) is 0 Å². The number of hydrogen-bond donors (Lipinski definition) is 0. The molecule has 0 N–H and O–H groups in total. The van der Waals surface area contributed by atoms with Crippen LogP contribution in [0.15, 0.2) is 0 Å². The molecule has 1 heterocycles. The van der Waals surface area contributed by atoms with Gasteiger partial charge < -0.3 is 14.2 Å². The fourth-order valence-corrected chi connectivity index (χ4v) is 4.06. The Hall–Kier alpha value is -0.120. The molecular weight excluding hydrogens is 300 g/mol. The maximum atomic E-state index is 6.15. The van der Waals surface area contributed by atoms with Crippen molar-refractivity contribution < 1.29 is 14.2 Å². The van der Waals surface area contributed by atoms with Crippen LogP contribution in [0.2, 0.25) is 0 Å². The minimum atomic E-state index is -0.456. The molecule has 3 heteroatoms. The molecule has 0 aromatic carbocycles. The predicted octanol–water partition coefficient (Wildman–Crippen LogP) is 5.96. The summed E-state index contributed by atoms with van der Waals surface area (Å²) in [7, 11) is 0. The molecule has 0 aliphatic carbocycles. The van der Waals surface area contributed by atoms with Crippen molar-refractivity contribution in [3.63, 3.8) is 0 Å². The van der Waals surface area contributed by atoms with E-state index in [1.807, 2.05) is 0 Å². The molecule has 0 aromatic heterocycles. The van der Waals surface area contributed by atoms with E-state index >= 15 is 0 Å². The molecule has 1 fully saturated rings. The Balaban J connectivity index is 2.64. The molecule has 0 aromatic rings. The zero-order chi connectivity index (χ0) is 17.8. The van der Waals surface area contributed by atoms with Crippen LogP contribution in [0.5, 0.6) is 0 Å². The van der Waals surface area contributed by atoms with E-state index in [1.54, 1.807) is 0 Å². The van der Waals surface area contributed by atoms with Crippen molar-refractivity contribution in [2.75, 3.05) is 19.8 Å². The van der Waals surface area contributed by atoms with Crippen LogP contribution in [0, 0.1) is 11.8 Å². The van der Waals surface area contributed by atoms with Crippen molar-refractivity contribution >= 4 is 0 Å². The third-order valence-corrected chi connectivity index (χ3v) is 5.47. The van der Waals surface area contributed by atoms with Gasteiger partial charge in [0, 0.05) is 19.1 Å². The lowest BCUT2D eigenvalue weighted by Crippen LogP contribution is -2.44. The molecule has 0 saturated carbocycles. The fourth-order valence-electron chi connectivity index (χ4n) is 4.06. The molecule has 1 saturated heterocycles. The summed E-state index contributed by atoms with van der Waals surface area (Å²) in [5.41, 5.74) is 0. The first kappa shape index (κ1) is 21.9. The number of unbranched alkanes of at least 4 members (excludes halogenated alkanes) is 5. The monoisotopic (exact) mass is 342 g/mol. The molecule has 1 aliphatic rings. The molecule has 3 nitrogen and oxygen atoms in total. The largest absolute Gasteiger partial charge is 0.373 e. The number of epoxide rings is 1. The lowest BCUT2D eigenvalue weighted by Gasteiger charge is -2.41. The summed E-state index contributed by atoms with van der Waals surface area (Å²) in [6, 6.07) is 0. The van der Waals surface area contributed by atoms with E-state index in [0.717, 1.165) is 13.0 Å².